The molecule has 0 aliphatic rings. The number of benzene rings is 1. The van der Waals surface area contributed by atoms with E-state index in [-0.39, 0.29) is 61.4 Å². The van der Waals surface area contributed by atoms with Gasteiger partial charge in [-0.3, -0.25) is 9.59 Å². The molecule has 220 valence electrons. The summed E-state index contributed by atoms with van der Waals surface area (Å²) in [6, 6.07) is 3.31. The zero-order valence-corrected chi connectivity index (χ0v) is 24.0. The van der Waals surface area contributed by atoms with Crippen molar-refractivity contribution in [3.63, 3.8) is 0 Å². The number of hydrogen-bond acceptors (Lipinski definition) is 10. The number of nitrogens with one attached hydrogen (secondary N) is 1. The molecule has 39 heavy (non-hydrogen) atoms. The summed E-state index contributed by atoms with van der Waals surface area (Å²) in [4.78, 5) is 48.2. The molecule has 0 bridgehead atoms. The van der Waals surface area contributed by atoms with Crippen LogP contribution in [0.15, 0.2) is 18.2 Å². The van der Waals surface area contributed by atoms with Gasteiger partial charge < -0.3 is 34.1 Å². The highest BCUT2D eigenvalue weighted by Crippen LogP contribution is 2.30. The lowest BCUT2D eigenvalue weighted by Gasteiger charge is -2.20. The smallest absolute Gasteiger partial charge is 0.480 e. The zero-order valence-electron chi connectivity index (χ0n) is 24.0. The first-order valence-corrected chi connectivity index (χ1v) is 13.3. The Bertz CT molecular complexity index is 948. The average molecular weight is 554 g/mol. The molecule has 0 aliphatic heterocycles. The van der Waals surface area contributed by atoms with E-state index in [1.54, 1.807) is 26.8 Å². The fraction of sp³-hybridized carbons (Fsp3) is 0.643. The Hall–Kier alpha value is -3.34. The van der Waals surface area contributed by atoms with E-state index in [4.69, 9.17) is 23.7 Å². The lowest BCUT2D eigenvalue weighted by molar-refractivity contribution is -0.151. The summed E-state index contributed by atoms with van der Waals surface area (Å²) < 4.78 is 26.1. The quantitative estimate of drug-likeness (QED) is 0.162. The van der Waals surface area contributed by atoms with Crippen LogP contribution in [0.2, 0.25) is 0 Å². The van der Waals surface area contributed by atoms with Crippen LogP contribution in [0.1, 0.15) is 66.9 Å². The first-order chi connectivity index (χ1) is 18.4. The van der Waals surface area contributed by atoms with Gasteiger partial charge in [0.05, 0.1) is 19.1 Å². The van der Waals surface area contributed by atoms with Crippen LogP contribution in [0.25, 0.3) is 0 Å². The first-order valence-electron chi connectivity index (χ1n) is 13.3. The number of rotatable bonds is 16. The highest BCUT2D eigenvalue weighted by atomic mass is 16.7. The molecule has 1 rings (SSSR count). The maximum atomic E-state index is 12.3. The minimum Gasteiger partial charge on any atom is -0.480 e. The molecule has 0 fully saturated rings. The van der Waals surface area contributed by atoms with E-state index in [9.17, 15) is 24.3 Å². The molecule has 0 aromatic heterocycles. The van der Waals surface area contributed by atoms with Gasteiger partial charge in [-0.05, 0) is 42.9 Å². The molecule has 1 aromatic rings. The average Bonchev–Trinajstić information content (AvgIpc) is 2.89. The second-order valence-electron chi connectivity index (χ2n) is 10.0. The summed E-state index contributed by atoms with van der Waals surface area (Å²) in [5, 5.41) is 12.6. The van der Waals surface area contributed by atoms with Crippen LogP contribution in [0, 0.1) is 17.8 Å². The SMILES string of the molecule is CCC(C)COC(=O)Oc1ccc(C[C@H](NCC(C)OC(=O)C(C)C)C(=O)O)cc1OC(=O)OCC(C)CC. The maximum absolute atomic E-state index is 12.3. The van der Waals surface area contributed by atoms with Crippen molar-refractivity contribution < 1.29 is 48.0 Å². The molecule has 2 N–H and O–H groups in total. The second-order valence-corrected chi connectivity index (χ2v) is 10.0. The molecule has 0 radical (unpaired) electrons. The molecular weight excluding hydrogens is 510 g/mol. The van der Waals surface area contributed by atoms with Gasteiger partial charge in [-0.25, -0.2) is 9.59 Å². The summed E-state index contributed by atoms with van der Waals surface area (Å²) in [7, 11) is 0. The van der Waals surface area contributed by atoms with E-state index in [1.165, 1.54) is 12.1 Å². The van der Waals surface area contributed by atoms with Gasteiger partial charge in [0, 0.05) is 6.54 Å². The lowest BCUT2D eigenvalue weighted by Crippen LogP contribution is -2.43. The largest absolute Gasteiger partial charge is 0.513 e. The van der Waals surface area contributed by atoms with Crippen molar-refractivity contribution in [1.82, 2.24) is 5.32 Å². The van der Waals surface area contributed by atoms with E-state index >= 15 is 0 Å². The van der Waals surface area contributed by atoms with Crippen LogP contribution in [0.4, 0.5) is 9.59 Å². The number of carboxylic acids is 1. The highest BCUT2D eigenvalue weighted by Gasteiger charge is 2.23. The van der Waals surface area contributed by atoms with E-state index < -0.39 is 30.4 Å². The van der Waals surface area contributed by atoms with E-state index in [1.807, 2.05) is 27.7 Å². The number of aliphatic carboxylic acids is 1. The molecule has 4 atom stereocenters. The topological polar surface area (TPSA) is 147 Å². The Morgan fingerprint density at radius 1 is 0.846 bits per heavy atom. The Morgan fingerprint density at radius 2 is 1.38 bits per heavy atom. The van der Waals surface area contributed by atoms with E-state index in [2.05, 4.69) is 5.32 Å². The Morgan fingerprint density at radius 3 is 1.87 bits per heavy atom. The minimum absolute atomic E-state index is 0.00278. The van der Waals surface area contributed by atoms with Crippen LogP contribution in [0.5, 0.6) is 11.5 Å². The number of carboxylic acid groups (broad SMARTS) is 1. The second kappa shape index (κ2) is 17.3. The predicted molar refractivity (Wildman–Crippen MR) is 143 cm³/mol. The van der Waals surface area contributed by atoms with Crippen molar-refractivity contribution in [2.45, 2.75) is 79.9 Å². The molecule has 11 nitrogen and oxygen atoms in total. The van der Waals surface area contributed by atoms with E-state index in [0.717, 1.165) is 12.8 Å². The number of hydrogen-bond donors (Lipinski definition) is 2. The van der Waals surface area contributed by atoms with Gasteiger partial charge in [-0.2, -0.15) is 0 Å². The summed E-state index contributed by atoms with van der Waals surface area (Å²) in [6.45, 7) is 13.3. The third kappa shape index (κ3) is 13.3. The molecule has 11 heteroatoms. The van der Waals surface area contributed by atoms with Gasteiger partial charge in [0.1, 0.15) is 12.1 Å². The fourth-order valence-electron chi connectivity index (χ4n) is 2.91. The number of ether oxygens (including phenoxy) is 5. The molecule has 0 heterocycles. The van der Waals surface area contributed by atoms with Gasteiger partial charge >= 0.3 is 24.2 Å². The molecule has 3 unspecified atom stereocenters. The summed E-state index contributed by atoms with van der Waals surface area (Å²) in [5.41, 5.74) is 0.478. The van der Waals surface area contributed by atoms with Gasteiger partial charge in [0.2, 0.25) is 0 Å². The van der Waals surface area contributed by atoms with Crippen LogP contribution < -0.4 is 14.8 Å². The van der Waals surface area contributed by atoms with E-state index in [0.29, 0.717) is 5.56 Å². The Kier molecular flexibility index (Phi) is 14.9. The van der Waals surface area contributed by atoms with Crippen LogP contribution in [-0.2, 0) is 30.2 Å². The standard InChI is InChI=1S/C28H43NO10/c1-8-18(5)15-35-27(33)38-23-11-10-21(13-24(23)39-28(34)36-16-19(6)9-2)12-22(25(30)31)29-14-20(7)37-26(32)17(3)4/h10-11,13,17-20,22,29H,8-9,12,14-16H2,1-7H3,(H,30,31)/t18?,19?,20?,22-/m0/s1. The molecule has 0 amide bonds. The third-order valence-electron chi connectivity index (χ3n) is 5.94. The molecular formula is C28H43NO10. The van der Waals surface area contributed by atoms with Gasteiger partial charge in [-0.1, -0.05) is 60.5 Å². The van der Waals surface area contributed by atoms with Crippen molar-refractivity contribution in [2.75, 3.05) is 19.8 Å². The minimum atomic E-state index is -1.12. The van der Waals surface area contributed by atoms with Gasteiger partial charge in [-0.15, -0.1) is 0 Å². The molecule has 0 aliphatic carbocycles. The maximum Gasteiger partial charge on any atom is 0.513 e. The van der Waals surface area contributed by atoms with Crippen molar-refractivity contribution in [3.8, 4) is 11.5 Å². The van der Waals surface area contributed by atoms with Crippen molar-refractivity contribution in [1.29, 1.82) is 0 Å². The van der Waals surface area contributed by atoms with Crippen molar-refractivity contribution >= 4 is 24.2 Å². The van der Waals surface area contributed by atoms with Crippen molar-refractivity contribution in [2.24, 2.45) is 17.8 Å². The van der Waals surface area contributed by atoms with Crippen molar-refractivity contribution in [3.05, 3.63) is 23.8 Å². The molecule has 1 aromatic carbocycles. The molecule has 0 saturated heterocycles. The normalized spacial score (nSPS) is 14.1. The number of esters is 1. The van der Waals surface area contributed by atoms with Crippen LogP contribution >= 0.6 is 0 Å². The van der Waals surface area contributed by atoms with Crippen LogP contribution in [0.3, 0.4) is 0 Å². The van der Waals surface area contributed by atoms with Gasteiger partial charge in [0.25, 0.3) is 0 Å². The molecule has 0 spiro atoms. The monoisotopic (exact) mass is 553 g/mol. The zero-order chi connectivity index (χ0) is 29.5. The predicted octanol–water partition coefficient (Wildman–Crippen LogP) is 4.98. The number of carbonyl (C=O) groups is 4. The Balaban J connectivity index is 3.03. The highest BCUT2D eigenvalue weighted by molar-refractivity contribution is 5.74. The number of carbonyl (C=O) groups excluding carboxylic acids is 3. The first kappa shape index (κ1) is 33.7. The van der Waals surface area contributed by atoms with Gasteiger partial charge in [0.15, 0.2) is 11.5 Å². The Labute approximate surface area is 230 Å². The molecule has 0 saturated carbocycles. The summed E-state index contributed by atoms with van der Waals surface area (Å²) in [6.07, 6.45) is -0.876. The fourth-order valence-corrected chi connectivity index (χ4v) is 2.91. The summed E-state index contributed by atoms with van der Waals surface area (Å²) in [5.74, 6) is -1.74. The lowest BCUT2D eigenvalue weighted by atomic mass is 10.0. The summed E-state index contributed by atoms with van der Waals surface area (Å²) >= 11 is 0. The third-order valence-corrected chi connectivity index (χ3v) is 5.94. The van der Waals surface area contributed by atoms with Crippen LogP contribution in [-0.4, -0.2) is 61.3 Å².